The molecule has 3 aromatic rings. The lowest BCUT2D eigenvalue weighted by Crippen LogP contribution is -2.17. The Kier molecular flexibility index (Phi) is 6.06. The first-order chi connectivity index (χ1) is 15.4. The first-order valence-corrected chi connectivity index (χ1v) is 11.0. The van der Waals surface area contributed by atoms with Gasteiger partial charge in [-0.1, -0.05) is 12.0 Å². The third kappa shape index (κ3) is 4.14. The monoisotopic (exact) mass is 449 g/mol. The van der Waals surface area contributed by atoms with Crippen molar-refractivity contribution >= 4 is 23.5 Å². The van der Waals surface area contributed by atoms with E-state index in [0.717, 1.165) is 28.2 Å². The number of rotatable bonds is 5. The molecule has 0 aliphatic carbocycles. The lowest BCUT2D eigenvalue weighted by atomic mass is 10.0. The second-order valence-electron chi connectivity index (χ2n) is 7.35. The topological polar surface area (TPSA) is 91.2 Å². The van der Waals surface area contributed by atoms with Crippen LogP contribution in [0.2, 0.25) is 0 Å². The SMILES string of the molecule is C#CCOc1ccc(C2SCC(=O)Nc3c2c(C)nn3-c2nc(C)cc(C)n2)cc1OC. The van der Waals surface area contributed by atoms with Crippen LogP contribution in [-0.2, 0) is 4.79 Å². The summed E-state index contributed by atoms with van der Waals surface area (Å²) in [4.78, 5) is 21.6. The highest BCUT2D eigenvalue weighted by Gasteiger charge is 2.31. The Morgan fingerprint density at radius 1 is 1.22 bits per heavy atom. The number of fused-ring (bicyclic) bond motifs is 1. The van der Waals surface area contributed by atoms with Crippen molar-refractivity contribution in [2.75, 3.05) is 24.8 Å². The number of methoxy groups -OCH3 is 1. The Balaban J connectivity index is 1.83. The van der Waals surface area contributed by atoms with Crippen molar-refractivity contribution in [2.24, 2.45) is 0 Å². The number of terminal acetylenes is 1. The van der Waals surface area contributed by atoms with Gasteiger partial charge in [0.05, 0.1) is 23.8 Å². The van der Waals surface area contributed by atoms with Gasteiger partial charge in [-0.2, -0.15) is 9.78 Å². The maximum Gasteiger partial charge on any atom is 0.252 e. The van der Waals surface area contributed by atoms with E-state index >= 15 is 0 Å². The molecule has 1 aliphatic heterocycles. The molecule has 3 heterocycles. The molecule has 1 aliphatic rings. The van der Waals surface area contributed by atoms with Crippen LogP contribution in [0.25, 0.3) is 5.95 Å². The minimum Gasteiger partial charge on any atom is -0.493 e. The molecule has 1 unspecified atom stereocenters. The summed E-state index contributed by atoms with van der Waals surface area (Å²) < 4.78 is 12.7. The maximum atomic E-state index is 12.6. The van der Waals surface area contributed by atoms with Crippen LogP contribution in [-0.4, -0.2) is 45.1 Å². The van der Waals surface area contributed by atoms with Crippen LogP contribution in [0.3, 0.4) is 0 Å². The van der Waals surface area contributed by atoms with Crippen molar-refractivity contribution in [3.8, 4) is 29.8 Å². The predicted octanol–water partition coefficient (Wildman–Crippen LogP) is 3.38. The van der Waals surface area contributed by atoms with Gasteiger partial charge in [0.1, 0.15) is 12.4 Å². The van der Waals surface area contributed by atoms with Gasteiger partial charge < -0.3 is 14.8 Å². The predicted molar refractivity (Wildman–Crippen MR) is 124 cm³/mol. The zero-order valence-electron chi connectivity index (χ0n) is 18.3. The van der Waals surface area contributed by atoms with Crippen LogP contribution in [0.4, 0.5) is 5.82 Å². The molecule has 0 bridgehead atoms. The number of aromatic nitrogens is 4. The van der Waals surface area contributed by atoms with E-state index in [1.807, 2.05) is 45.0 Å². The molecular formula is C23H23N5O3S. The van der Waals surface area contributed by atoms with Gasteiger partial charge in [0, 0.05) is 17.0 Å². The zero-order valence-corrected chi connectivity index (χ0v) is 19.1. The number of nitrogens with zero attached hydrogens (tertiary/aromatic N) is 4. The third-order valence-electron chi connectivity index (χ3n) is 4.97. The summed E-state index contributed by atoms with van der Waals surface area (Å²) in [5.41, 5.74) is 4.30. The highest BCUT2D eigenvalue weighted by Crippen LogP contribution is 2.45. The fourth-order valence-corrected chi connectivity index (χ4v) is 4.86. The van der Waals surface area contributed by atoms with Crippen LogP contribution >= 0.6 is 11.8 Å². The summed E-state index contributed by atoms with van der Waals surface area (Å²) in [5.74, 6) is 4.79. The first-order valence-electron chi connectivity index (χ1n) is 9.99. The van der Waals surface area contributed by atoms with Crippen molar-refractivity contribution in [1.82, 2.24) is 19.7 Å². The molecule has 0 saturated heterocycles. The summed E-state index contributed by atoms with van der Waals surface area (Å²) in [6.45, 7) is 5.88. The lowest BCUT2D eigenvalue weighted by molar-refractivity contribution is -0.113. The third-order valence-corrected chi connectivity index (χ3v) is 6.24. The van der Waals surface area contributed by atoms with E-state index in [1.54, 1.807) is 11.8 Å². The molecule has 8 nitrogen and oxygen atoms in total. The van der Waals surface area contributed by atoms with Crippen molar-refractivity contribution in [2.45, 2.75) is 26.0 Å². The van der Waals surface area contributed by atoms with Gasteiger partial charge >= 0.3 is 0 Å². The number of ether oxygens (including phenoxy) is 2. The standard InChI is InChI=1S/C23H23N5O3S/c1-6-9-31-17-8-7-16(11-18(17)30-5)21-20-15(4)27-28(22(20)26-19(29)12-32-21)23-24-13(2)10-14(3)25-23/h1,7-8,10-11,21H,9,12H2,2-5H3,(H,26,29). The van der Waals surface area contributed by atoms with Gasteiger partial charge in [-0.15, -0.1) is 18.2 Å². The molecule has 0 spiro atoms. The summed E-state index contributed by atoms with van der Waals surface area (Å²) in [7, 11) is 1.58. The van der Waals surface area contributed by atoms with E-state index in [0.29, 0.717) is 29.0 Å². The number of nitrogens with one attached hydrogen (secondary N) is 1. The average Bonchev–Trinajstić information content (AvgIpc) is 2.96. The number of amides is 1. The Morgan fingerprint density at radius 3 is 2.66 bits per heavy atom. The molecule has 1 aromatic carbocycles. The van der Waals surface area contributed by atoms with Gasteiger partial charge in [0.25, 0.3) is 5.95 Å². The Hall–Kier alpha value is -3.51. The summed E-state index contributed by atoms with van der Waals surface area (Å²) in [5, 5.41) is 7.53. The van der Waals surface area contributed by atoms with E-state index < -0.39 is 0 Å². The normalized spacial score (nSPS) is 15.3. The van der Waals surface area contributed by atoms with E-state index in [-0.39, 0.29) is 17.8 Å². The fraction of sp³-hybridized carbons (Fsp3) is 0.304. The molecule has 2 aromatic heterocycles. The summed E-state index contributed by atoms with van der Waals surface area (Å²) in [6, 6.07) is 7.59. The van der Waals surface area contributed by atoms with Crippen LogP contribution in [0.1, 0.15) is 33.5 Å². The zero-order chi connectivity index (χ0) is 22.8. The van der Waals surface area contributed by atoms with Crippen molar-refractivity contribution in [3.63, 3.8) is 0 Å². The maximum absolute atomic E-state index is 12.6. The molecule has 1 atom stereocenters. The summed E-state index contributed by atoms with van der Waals surface area (Å²) >= 11 is 1.52. The second kappa shape index (κ2) is 8.93. The second-order valence-corrected chi connectivity index (χ2v) is 8.45. The van der Waals surface area contributed by atoms with E-state index in [9.17, 15) is 4.79 Å². The van der Waals surface area contributed by atoms with Gasteiger partial charge in [-0.25, -0.2) is 9.97 Å². The molecule has 1 amide bonds. The van der Waals surface area contributed by atoms with E-state index in [1.165, 1.54) is 11.8 Å². The number of thioether (sulfide) groups is 1. The fourth-order valence-electron chi connectivity index (χ4n) is 3.68. The molecule has 1 N–H and O–H groups in total. The Morgan fingerprint density at radius 2 is 1.97 bits per heavy atom. The van der Waals surface area contributed by atoms with Gasteiger partial charge in [-0.05, 0) is 44.5 Å². The van der Waals surface area contributed by atoms with Crippen LogP contribution in [0.15, 0.2) is 24.3 Å². The molecule has 0 saturated carbocycles. The Labute approximate surface area is 190 Å². The smallest absolute Gasteiger partial charge is 0.252 e. The number of carbonyl (C=O) groups excluding carboxylic acids is 1. The van der Waals surface area contributed by atoms with Crippen molar-refractivity contribution < 1.29 is 14.3 Å². The number of benzene rings is 1. The van der Waals surface area contributed by atoms with Crippen LogP contribution in [0, 0.1) is 33.1 Å². The lowest BCUT2D eigenvalue weighted by Gasteiger charge is -2.17. The van der Waals surface area contributed by atoms with Crippen LogP contribution < -0.4 is 14.8 Å². The summed E-state index contributed by atoms with van der Waals surface area (Å²) in [6.07, 6.45) is 5.31. The number of aryl methyl sites for hydroxylation is 3. The van der Waals surface area contributed by atoms with Gasteiger partial charge in [0.15, 0.2) is 11.5 Å². The van der Waals surface area contributed by atoms with Crippen LogP contribution in [0.5, 0.6) is 11.5 Å². The quantitative estimate of drug-likeness (QED) is 0.597. The number of hydrogen-bond donors (Lipinski definition) is 1. The number of anilines is 1. The minimum atomic E-state index is -0.154. The largest absolute Gasteiger partial charge is 0.493 e. The Bertz CT molecular complexity index is 1210. The van der Waals surface area contributed by atoms with Crippen molar-refractivity contribution in [1.29, 1.82) is 0 Å². The molecule has 32 heavy (non-hydrogen) atoms. The molecule has 164 valence electrons. The minimum absolute atomic E-state index is 0.106. The molecule has 9 heteroatoms. The van der Waals surface area contributed by atoms with Gasteiger partial charge in [0.2, 0.25) is 5.91 Å². The molecule has 0 fully saturated rings. The highest BCUT2D eigenvalue weighted by atomic mass is 32.2. The average molecular weight is 450 g/mol. The molecule has 0 radical (unpaired) electrons. The first kappa shape index (κ1) is 21.7. The molecule has 4 rings (SSSR count). The molecular weight excluding hydrogens is 426 g/mol. The number of carbonyl (C=O) groups is 1. The van der Waals surface area contributed by atoms with Crippen molar-refractivity contribution in [3.05, 3.63) is 52.5 Å². The van der Waals surface area contributed by atoms with Gasteiger partial charge in [-0.3, -0.25) is 4.79 Å². The van der Waals surface area contributed by atoms with E-state index in [4.69, 9.17) is 15.9 Å². The highest BCUT2D eigenvalue weighted by molar-refractivity contribution is 8.00. The number of hydrogen-bond acceptors (Lipinski definition) is 7. The van der Waals surface area contributed by atoms with E-state index in [2.05, 4.69) is 26.3 Å².